The molecule has 0 bridgehead atoms. The van der Waals surface area contributed by atoms with Gasteiger partial charge in [0, 0.05) is 10.5 Å². The predicted octanol–water partition coefficient (Wildman–Crippen LogP) is 4.85. The molecule has 0 aliphatic heterocycles. The third-order valence-corrected chi connectivity index (χ3v) is 5.03. The zero-order chi connectivity index (χ0) is 14.5. The lowest BCUT2D eigenvalue weighted by Gasteiger charge is -2.30. The van der Waals surface area contributed by atoms with Crippen molar-refractivity contribution in [2.75, 3.05) is 0 Å². The van der Waals surface area contributed by atoms with Crippen LogP contribution in [0, 0.1) is 12.8 Å². The molecule has 1 fully saturated rings. The van der Waals surface area contributed by atoms with Gasteiger partial charge < -0.3 is 5.32 Å². The first kappa shape index (κ1) is 15.6. The summed E-state index contributed by atoms with van der Waals surface area (Å²) < 4.78 is 0.874. The van der Waals surface area contributed by atoms with Gasteiger partial charge in [0.15, 0.2) is 0 Å². The van der Waals surface area contributed by atoms with Gasteiger partial charge in [-0.2, -0.15) is 0 Å². The minimum Gasteiger partial charge on any atom is -0.349 e. The van der Waals surface area contributed by atoms with Crippen LogP contribution in [0.4, 0.5) is 0 Å². The normalized spacial score (nSPS) is 17.8. The van der Waals surface area contributed by atoms with Crippen LogP contribution in [0.25, 0.3) is 0 Å². The largest absolute Gasteiger partial charge is 0.349 e. The average molecular weight is 338 g/mol. The first-order valence-corrected chi connectivity index (χ1v) is 8.48. The molecule has 1 N–H and O–H groups in total. The summed E-state index contributed by atoms with van der Waals surface area (Å²) in [4.78, 5) is 12.5. The maximum Gasteiger partial charge on any atom is 0.252 e. The van der Waals surface area contributed by atoms with Crippen LogP contribution < -0.4 is 5.32 Å². The standard InChI is InChI=1S/C17H24BrNO/c1-3-16(13-7-5-4-6-8-13)19-17(20)14-11-12(2)9-10-15(14)18/h9-11,13,16H,3-8H2,1-2H3,(H,19,20). The van der Waals surface area contributed by atoms with Gasteiger partial charge in [-0.1, -0.05) is 37.8 Å². The molecule has 0 saturated heterocycles. The Bertz CT molecular complexity index is 466. The molecule has 2 rings (SSSR count). The summed E-state index contributed by atoms with van der Waals surface area (Å²) in [5.74, 6) is 0.708. The second kappa shape index (κ2) is 7.26. The second-order valence-corrected chi connectivity index (χ2v) is 6.72. The quantitative estimate of drug-likeness (QED) is 0.836. The number of hydrogen-bond donors (Lipinski definition) is 1. The fourth-order valence-electron chi connectivity index (χ4n) is 3.15. The van der Waals surface area contributed by atoms with Crippen molar-refractivity contribution in [3.63, 3.8) is 0 Å². The zero-order valence-electron chi connectivity index (χ0n) is 12.4. The summed E-state index contributed by atoms with van der Waals surface area (Å²) >= 11 is 3.48. The van der Waals surface area contributed by atoms with Gasteiger partial charge in [-0.25, -0.2) is 0 Å². The number of carbonyl (C=O) groups excluding carboxylic acids is 1. The maximum absolute atomic E-state index is 12.5. The van der Waals surface area contributed by atoms with E-state index in [1.54, 1.807) is 0 Å². The van der Waals surface area contributed by atoms with Gasteiger partial charge in [0.1, 0.15) is 0 Å². The van der Waals surface area contributed by atoms with Gasteiger partial charge >= 0.3 is 0 Å². The van der Waals surface area contributed by atoms with Crippen LogP contribution in [0.15, 0.2) is 22.7 Å². The van der Waals surface area contributed by atoms with Crippen molar-refractivity contribution >= 4 is 21.8 Å². The van der Waals surface area contributed by atoms with Crippen LogP contribution in [0.1, 0.15) is 61.4 Å². The van der Waals surface area contributed by atoms with E-state index in [1.807, 2.05) is 25.1 Å². The molecule has 0 spiro atoms. The Morgan fingerprint density at radius 3 is 2.70 bits per heavy atom. The Kier molecular flexibility index (Phi) is 5.64. The Morgan fingerprint density at radius 1 is 1.35 bits per heavy atom. The highest BCUT2D eigenvalue weighted by Gasteiger charge is 2.24. The molecule has 0 aromatic heterocycles. The molecule has 1 atom stereocenters. The molecule has 0 radical (unpaired) electrons. The summed E-state index contributed by atoms with van der Waals surface area (Å²) in [6, 6.07) is 6.23. The van der Waals surface area contributed by atoms with Gasteiger partial charge in [-0.15, -0.1) is 0 Å². The van der Waals surface area contributed by atoms with Gasteiger partial charge in [-0.05, 0) is 60.2 Å². The Hall–Kier alpha value is -0.830. The molecular weight excluding hydrogens is 314 g/mol. The van der Waals surface area contributed by atoms with Gasteiger partial charge in [0.05, 0.1) is 5.56 Å². The minimum absolute atomic E-state index is 0.0537. The van der Waals surface area contributed by atoms with E-state index in [9.17, 15) is 4.79 Å². The molecule has 1 unspecified atom stereocenters. The number of rotatable bonds is 4. The molecular formula is C17H24BrNO. The molecule has 110 valence electrons. The first-order chi connectivity index (χ1) is 9.61. The highest BCUT2D eigenvalue weighted by Crippen LogP contribution is 2.28. The first-order valence-electron chi connectivity index (χ1n) is 7.69. The number of benzene rings is 1. The molecule has 1 aromatic carbocycles. The van der Waals surface area contributed by atoms with Crippen LogP contribution in [-0.4, -0.2) is 11.9 Å². The zero-order valence-corrected chi connectivity index (χ0v) is 14.0. The number of carbonyl (C=O) groups is 1. The molecule has 1 saturated carbocycles. The van der Waals surface area contributed by atoms with Gasteiger partial charge in [-0.3, -0.25) is 4.79 Å². The lowest BCUT2D eigenvalue weighted by atomic mass is 9.83. The van der Waals surface area contributed by atoms with Crippen molar-refractivity contribution in [3.05, 3.63) is 33.8 Å². The summed E-state index contributed by atoms with van der Waals surface area (Å²) in [7, 11) is 0. The van der Waals surface area contributed by atoms with Gasteiger partial charge in [0.2, 0.25) is 0 Å². The third-order valence-electron chi connectivity index (χ3n) is 4.34. The maximum atomic E-state index is 12.5. The summed E-state index contributed by atoms with van der Waals surface area (Å²) in [6.45, 7) is 4.19. The van der Waals surface area contributed by atoms with Crippen LogP contribution >= 0.6 is 15.9 Å². The highest BCUT2D eigenvalue weighted by molar-refractivity contribution is 9.10. The van der Waals surface area contributed by atoms with Crippen molar-refractivity contribution in [3.8, 4) is 0 Å². The monoisotopic (exact) mass is 337 g/mol. The Balaban J connectivity index is 2.06. The van der Waals surface area contributed by atoms with E-state index < -0.39 is 0 Å². The van der Waals surface area contributed by atoms with E-state index in [0.29, 0.717) is 12.0 Å². The van der Waals surface area contributed by atoms with Gasteiger partial charge in [0.25, 0.3) is 5.91 Å². The van der Waals surface area contributed by atoms with Crippen LogP contribution in [0.3, 0.4) is 0 Å². The second-order valence-electron chi connectivity index (χ2n) is 5.87. The Morgan fingerprint density at radius 2 is 2.05 bits per heavy atom. The fourth-order valence-corrected chi connectivity index (χ4v) is 3.58. The van der Waals surface area contributed by atoms with Crippen molar-refractivity contribution in [2.24, 2.45) is 5.92 Å². The molecule has 2 nitrogen and oxygen atoms in total. The number of halogens is 1. The third kappa shape index (κ3) is 3.85. The molecule has 1 aliphatic carbocycles. The summed E-state index contributed by atoms with van der Waals surface area (Å²) in [5.41, 5.74) is 1.86. The van der Waals surface area contributed by atoms with Crippen LogP contribution in [-0.2, 0) is 0 Å². The van der Waals surface area contributed by atoms with E-state index in [0.717, 1.165) is 22.0 Å². The predicted molar refractivity (Wildman–Crippen MR) is 87.0 cm³/mol. The number of aryl methyl sites for hydroxylation is 1. The van der Waals surface area contributed by atoms with Crippen molar-refractivity contribution in [1.29, 1.82) is 0 Å². The smallest absolute Gasteiger partial charge is 0.252 e. The molecule has 0 heterocycles. The molecule has 1 amide bonds. The van der Waals surface area contributed by atoms with E-state index in [4.69, 9.17) is 0 Å². The molecule has 1 aromatic rings. The lowest BCUT2D eigenvalue weighted by Crippen LogP contribution is -2.40. The fraction of sp³-hybridized carbons (Fsp3) is 0.588. The van der Waals surface area contributed by atoms with E-state index >= 15 is 0 Å². The highest BCUT2D eigenvalue weighted by atomic mass is 79.9. The van der Waals surface area contributed by atoms with E-state index in [-0.39, 0.29) is 5.91 Å². The number of nitrogens with one attached hydrogen (secondary N) is 1. The molecule has 3 heteroatoms. The topological polar surface area (TPSA) is 29.1 Å². The van der Waals surface area contributed by atoms with Crippen molar-refractivity contribution < 1.29 is 4.79 Å². The molecule has 20 heavy (non-hydrogen) atoms. The van der Waals surface area contributed by atoms with Crippen LogP contribution in [0.5, 0.6) is 0 Å². The van der Waals surface area contributed by atoms with E-state index in [1.165, 1.54) is 32.1 Å². The summed E-state index contributed by atoms with van der Waals surface area (Å²) in [6.07, 6.45) is 7.50. The Labute approximate surface area is 130 Å². The number of hydrogen-bond acceptors (Lipinski definition) is 1. The van der Waals surface area contributed by atoms with Crippen LogP contribution in [0.2, 0.25) is 0 Å². The SMILES string of the molecule is CCC(NC(=O)c1cc(C)ccc1Br)C1CCCCC1. The minimum atomic E-state index is 0.0537. The molecule has 1 aliphatic rings. The average Bonchev–Trinajstić information content (AvgIpc) is 2.48. The van der Waals surface area contributed by atoms with Crippen molar-refractivity contribution in [2.45, 2.75) is 58.4 Å². The summed E-state index contributed by atoms with van der Waals surface area (Å²) in [5, 5.41) is 3.25. The lowest BCUT2D eigenvalue weighted by molar-refractivity contribution is 0.0910. The van der Waals surface area contributed by atoms with Crippen molar-refractivity contribution in [1.82, 2.24) is 5.32 Å². The van der Waals surface area contributed by atoms with E-state index in [2.05, 4.69) is 28.2 Å². The number of amides is 1.